The molecule has 0 nitrogen and oxygen atoms in total. The molecule has 0 N–H and O–H groups in total. The van der Waals surface area contributed by atoms with Crippen LogP contribution in [0.15, 0.2) is 55.1 Å². The summed E-state index contributed by atoms with van der Waals surface area (Å²) in [5.41, 5.74) is 7.11. The Morgan fingerprint density at radius 1 is 0.737 bits per heavy atom. The molecule has 0 saturated carbocycles. The molecular weight excluding hydrogens is 335 g/mol. The summed E-state index contributed by atoms with van der Waals surface area (Å²) in [7, 11) is 0. The van der Waals surface area contributed by atoms with Crippen LogP contribution < -0.4 is 0 Å². The molecule has 1 heteroatoms. The molecular formula is C18H24Sn. The van der Waals surface area contributed by atoms with E-state index in [1.54, 1.807) is 0 Å². The zero-order valence-corrected chi connectivity index (χ0v) is 15.8. The molecule has 0 amide bonds. The van der Waals surface area contributed by atoms with Gasteiger partial charge >= 0.3 is 122 Å². The van der Waals surface area contributed by atoms with Crippen molar-refractivity contribution >= 4 is 18.4 Å². The van der Waals surface area contributed by atoms with Gasteiger partial charge in [-0.15, -0.1) is 0 Å². The molecule has 0 unspecified atom stereocenters. The molecule has 19 heavy (non-hydrogen) atoms. The van der Waals surface area contributed by atoms with E-state index in [-0.39, 0.29) is 0 Å². The van der Waals surface area contributed by atoms with Crippen molar-refractivity contribution in [2.45, 2.75) is 48.4 Å². The van der Waals surface area contributed by atoms with Gasteiger partial charge in [0.25, 0.3) is 0 Å². The van der Waals surface area contributed by atoms with Crippen LogP contribution >= 0.6 is 0 Å². The van der Waals surface area contributed by atoms with E-state index in [0.717, 1.165) is 0 Å². The molecule has 2 aliphatic carbocycles. The monoisotopic (exact) mass is 360 g/mol. The number of hydrogen-bond acceptors (Lipinski definition) is 0. The van der Waals surface area contributed by atoms with Gasteiger partial charge in [-0.05, 0) is 0 Å². The number of hydrogen-bond donors (Lipinski definition) is 0. The van der Waals surface area contributed by atoms with E-state index in [1.807, 2.05) is 0 Å². The van der Waals surface area contributed by atoms with Crippen LogP contribution in [0, 0.1) is 0 Å². The van der Waals surface area contributed by atoms with Crippen molar-refractivity contribution < 1.29 is 0 Å². The van der Waals surface area contributed by atoms with E-state index in [1.165, 1.54) is 7.18 Å². The number of allylic oxidation sites excluding steroid dienone is 6. The first-order valence-corrected chi connectivity index (χ1v) is 12.7. The molecule has 0 heterocycles. The van der Waals surface area contributed by atoms with Gasteiger partial charge in [0.1, 0.15) is 0 Å². The van der Waals surface area contributed by atoms with E-state index < -0.39 is 18.4 Å². The Morgan fingerprint density at radius 2 is 1.11 bits per heavy atom. The minimum absolute atomic E-state index is 0.294. The maximum absolute atomic E-state index is 3.55. The normalized spacial score (nSPS) is 18.2. The zero-order chi connectivity index (χ0) is 14.3. The van der Waals surface area contributed by atoms with Gasteiger partial charge in [0.2, 0.25) is 0 Å². The molecule has 2 aliphatic rings. The van der Waals surface area contributed by atoms with Crippen molar-refractivity contribution in [3.05, 3.63) is 55.1 Å². The van der Waals surface area contributed by atoms with Gasteiger partial charge < -0.3 is 0 Å². The standard InChI is InChI=1S/2C5H3.2C4H9.Sn/c2*1-2-4-5-3-1;2*1-4(2)3;/h2*1-3H;2*1-3H3;. The predicted molar refractivity (Wildman–Crippen MR) is 86.7 cm³/mol. The first kappa shape index (κ1) is 14.7. The van der Waals surface area contributed by atoms with Crippen LogP contribution in [0.2, 0.25) is 6.86 Å². The molecule has 0 saturated heterocycles. The van der Waals surface area contributed by atoms with Gasteiger partial charge in [0.15, 0.2) is 0 Å². The van der Waals surface area contributed by atoms with Crippen molar-refractivity contribution in [2.24, 2.45) is 0 Å². The second-order valence-corrected chi connectivity index (χ2v) is 23.3. The van der Waals surface area contributed by atoms with Crippen molar-refractivity contribution in [1.29, 1.82) is 0 Å². The third-order valence-electron chi connectivity index (χ3n) is 4.25. The fourth-order valence-electron chi connectivity index (χ4n) is 4.01. The van der Waals surface area contributed by atoms with Crippen molar-refractivity contribution in [2.75, 3.05) is 0 Å². The molecule has 0 aromatic carbocycles. The molecule has 2 rings (SSSR count). The van der Waals surface area contributed by atoms with E-state index >= 15 is 0 Å². The van der Waals surface area contributed by atoms with Gasteiger partial charge in [0.05, 0.1) is 0 Å². The van der Waals surface area contributed by atoms with Crippen molar-refractivity contribution in [3.63, 3.8) is 0 Å². The fourth-order valence-corrected chi connectivity index (χ4v) is 24.2. The predicted octanol–water partition coefficient (Wildman–Crippen LogP) is 5.42. The topological polar surface area (TPSA) is 0 Å². The summed E-state index contributed by atoms with van der Waals surface area (Å²) in [6, 6.07) is 0. The summed E-state index contributed by atoms with van der Waals surface area (Å²) in [6.07, 6.45) is 13.0. The van der Waals surface area contributed by atoms with E-state index in [0.29, 0.717) is 6.86 Å². The SMILES string of the molecule is C[C](C)(C)[Sn]([C]1=C=CC=C1)([C]1=C=CC=C1)[C](C)(C)C. The van der Waals surface area contributed by atoms with Crippen LogP contribution in [0.5, 0.6) is 0 Å². The molecule has 0 bridgehead atoms. The van der Waals surface area contributed by atoms with Gasteiger partial charge in [-0.2, -0.15) is 0 Å². The van der Waals surface area contributed by atoms with E-state index in [9.17, 15) is 0 Å². The molecule has 100 valence electrons. The third kappa shape index (κ3) is 2.17. The Morgan fingerprint density at radius 3 is 1.32 bits per heavy atom. The first-order chi connectivity index (χ1) is 8.71. The van der Waals surface area contributed by atoms with Crippen LogP contribution in [-0.4, -0.2) is 18.4 Å². The first-order valence-electron chi connectivity index (χ1n) is 6.99. The summed E-state index contributed by atoms with van der Waals surface area (Å²) in [4.78, 5) is 0. The van der Waals surface area contributed by atoms with Crippen LogP contribution in [0.3, 0.4) is 0 Å². The van der Waals surface area contributed by atoms with Crippen LogP contribution in [-0.2, 0) is 0 Å². The molecule has 0 aromatic heterocycles. The Labute approximate surface area is 121 Å². The Hall–Kier alpha value is -0.681. The van der Waals surface area contributed by atoms with E-state index in [2.05, 4.69) is 89.5 Å². The summed E-state index contributed by atoms with van der Waals surface area (Å²) < 4.78 is 3.55. The second kappa shape index (κ2) is 4.70. The van der Waals surface area contributed by atoms with Gasteiger partial charge in [-0.25, -0.2) is 0 Å². The molecule has 0 radical (unpaired) electrons. The van der Waals surface area contributed by atoms with Crippen LogP contribution in [0.4, 0.5) is 0 Å². The van der Waals surface area contributed by atoms with Crippen molar-refractivity contribution in [3.8, 4) is 0 Å². The third-order valence-corrected chi connectivity index (χ3v) is 23.5. The summed E-state index contributed by atoms with van der Waals surface area (Å²) in [6.45, 7) is 14.5. The average Bonchev–Trinajstić information content (AvgIpc) is 2.85. The summed E-state index contributed by atoms with van der Waals surface area (Å²) in [5.74, 6) is 0. The quantitative estimate of drug-likeness (QED) is 0.457. The Balaban J connectivity index is 2.81. The molecule has 0 atom stereocenters. The second-order valence-electron chi connectivity index (χ2n) is 7.42. The maximum atomic E-state index is 3.55. The molecule has 0 spiro atoms. The summed E-state index contributed by atoms with van der Waals surface area (Å²) >= 11 is -2.91. The fraction of sp³-hybridized carbons (Fsp3) is 0.444. The summed E-state index contributed by atoms with van der Waals surface area (Å²) in [5, 5.41) is 0. The van der Waals surface area contributed by atoms with Crippen LogP contribution in [0.25, 0.3) is 0 Å². The van der Waals surface area contributed by atoms with Gasteiger partial charge in [0, 0.05) is 0 Å². The van der Waals surface area contributed by atoms with Gasteiger partial charge in [-0.1, -0.05) is 0 Å². The van der Waals surface area contributed by atoms with E-state index in [4.69, 9.17) is 0 Å². The van der Waals surface area contributed by atoms with Crippen molar-refractivity contribution in [1.82, 2.24) is 0 Å². The Kier molecular flexibility index (Phi) is 3.64. The molecule has 0 fully saturated rings. The molecule has 0 aliphatic heterocycles. The van der Waals surface area contributed by atoms with Crippen LogP contribution in [0.1, 0.15) is 41.5 Å². The molecule has 0 aromatic rings. The number of rotatable bonds is 2. The minimum atomic E-state index is -2.91. The Bertz CT molecular complexity index is 516. The van der Waals surface area contributed by atoms with Gasteiger partial charge in [-0.3, -0.25) is 0 Å². The average molecular weight is 359 g/mol. The zero-order valence-electron chi connectivity index (χ0n) is 13.0.